The predicted molar refractivity (Wildman–Crippen MR) is 118 cm³/mol. The fourth-order valence-corrected chi connectivity index (χ4v) is 5.61. The number of fused-ring (bicyclic) bond motifs is 1. The van der Waals surface area contributed by atoms with Gasteiger partial charge in [-0.15, -0.1) is 0 Å². The van der Waals surface area contributed by atoms with E-state index in [1.165, 1.54) is 16.7 Å². The highest BCUT2D eigenvalue weighted by Crippen LogP contribution is 2.51. The van der Waals surface area contributed by atoms with E-state index in [1.807, 2.05) is 12.1 Å². The number of sulfone groups is 1. The first-order valence-electron chi connectivity index (χ1n) is 10.1. The lowest BCUT2D eigenvalue weighted by Gasteiger charge is -2.48. The number of benzene rings is 2. The van der Waals surface area contributed by atoms with Crippen LogP contribution in [-0.2, 0) is 20.7 Å². The standard InChI is InChI=1S/C25H32O2S/c1-7-28(26,27)20-14-12-19(13-15-20)16-18(2)23-17-24(3,4)21-10-8-9-11-22(21)25(23,5)6/h8-16,23H,7,17H2,1-6H3. The van der Waals surface area contributed by atoms with E-state index in [2.05, 4.69) is 65.0 Å². The summed E-state index contributed by atoms with van der Waals surface area (Å²) in [6, 6.07) is 16.1. The Labute approximate surface area is 170 Å². The van der Waals surface area contributed by atoms with Crippen LogP contribution >= 0.6 is 0 Å². The first-order chi connectivity index (χ1) is 13.0. The third-order valence-electron chi connectivity index (χ3n) is 6.50. The molecule has 2 nitrogen and oxygen atoms in total. The van der Waals surface area contributed by atoms with Crippen molar-refractivity contribution in [1.82, 2.24) is 0 Å². The summed E-state index contributed by atoms with van der Waals surface area (Å²) in [5, 5.41) is 0. The zero-order chi connectivity index (χ0) is 20.7. The van der Waals surface area contributed by atoms with Crippen molar-refractivity contribution in [2.24, 2.45) is 5.92 Å². The van der Waals surface area contributed by atoms with Gasteiger partial charge in [-0.25, -0.2) is 8.42 Å². The minimum Gasteiger partial charge on any atom is -0.224 e. The molecule has 28 heavy (non-hydrogen) atoms. The molecule has 0 aliphatic heterocycles. The molecule has 1 aliphatic carbocycles. The van der Waals surface area contributed by atoms with Crippen LogP contribution in [0.5, 0.6) is 0 Å². The summed E-state index contributed by atoms with van der Waals surface area (Å²) in [5.74, 6) is 0.558. The lowest BCUT2D eigenvalue weighted by atomic mass is 9.56. The predicted octanol–water partition coefficient (Wildman–Crippen LogP) is 6.16. The van der Waals surface area contributed by atoms with Crippen molar-refractivity contribution >= 4 is 15.9 Å². The van der Waals surface area contributed by atoms with Gasteiger partial charge in [-0.2, -0.15) is 0 Å². The maximum Gasteiger partial charge on any atom is 0.178 e. The van der Waals surface area contributed by atoms with Crippen molar-refractivity contribution in [3.05, 3.63) is 70.8 Å². The molecular weight excluding hydrogens is 364 g/mol. The van der Waals surface area contributed by atoms with E-state index in [4.69, 9.17) is 0 Å². The molecule has 3 rings (SSSR count). The second kappa shape index (κ2) is 7.18. The highest BCUT2D eigenvalue weighted by Gasteiger charge is 2.44. The summed E-state index contributed by atoms with van der Waals surface area (Å²) in [6.45, 7) is 13.3. The molecule has 2 aromatic carbocycles. The second-order valence-corrected chi connectivity index (χ2v) is 11.5. The molecular formula is C25H32O2S. The van der Waals surface area contributed by atoms with Crippen LogP contribution in [0.15, 0.2) is 59.0 Å². The molecule has 150 valence electrons. The Bertz CT molecular complexity index is 993. The van der Waals surface area contributed by atoms with E-state index >= 15 is 0 Å². The molecule has 0 fully saturated rings. The Morgan fingerprint density at radius 2 is 1.57 bits per heavy atom. The van der Waals surface area contributed by atoms with Crippen molar-refractivity contribution in [3.63, 3.8) is 0 Å². The molecule has 3 heteroatoms. The highest BCUT2D eigenvalue weighted by molar-refractivity contribution is 7.91. The Morgan fingerprint density at radius 3 is 2.14 bits per heavy atom. The molecule has 1 atom stereocenters. The molecule has 0 heterocycles. The normalized spacial score (nSPS) is 21.2. The lowest BCUT2D eigenvalue weighted by Crippen LogP contribution is -2.42. The van der Waals surface area contributed by atoms with Gasteiger partial charge in [0, 0.05) is 0 Å². The minimum atomic E-state index is -3.15. The molecule has 1 aliphatic rings. The largest absolute Gasteiger partial charge is 0.224 e. The smallest absolute Gasteiger partial charge is 0.178 e. The first kappa shape index (κ1) is 20.9. The third-order valence-corrected chi connectivity index (χ3v) is 8.25. The van der Waals surface area contributed by atoms with E-state index in [0.717, 1.165) is 12.0 Å². The van der Waals surface area contributed by atoms with Gasteiger partial charge in [0.1, 0.15) is 0 Å². The Kier molecular flexibility index (Phi) is 5.35. The molecule has 1 unspecified atom stereocenters. The van der Waals surface area contributed by atoms with Crippen LogP contribution in [0.25, 0.3) is 6.08 Å². The zero-order valence-corrected chi connectivity index (χ0v) is 18.7. The van der Waals surface area contributed by atoms with Gasteiger partial charge in [-0.3, -0.25) is 0 Å². The molecule has 0 aromatic heterocycles. The molecule has 0 N–H and O–H groups in total. The summed E-state index contributed by atoms with van der Waals surface area (Å²) in [6.07, 6.45) is 3.32. The molecule has 0 saturated heterocycles. The van der Waals surface area contributed by atoms with Crippen molar-refractivity contribution in [2.45, 2.75) is 63.7 Å². The van der Waals surface area contributed by atoms with E-state index in [1.54, 1.807) is 19.1 Å². The van der Waals surface area contributed by atoms with Crippen LogP contribution in [0, 0.1) is 5.92 Å². The van der Waals surface area contributed by atoms with Gasteiger partial charge in [0.05, 0.1) is 10.6 Å². The van der Waals surface area contributed by atoms with Crippen molar-refractivity contribution in [2.75, 3.05) is 5.75 Å². The molecule has 0 radical (unpaired) electrons. The molecule has 0 amide bonds. The fraction of sp³-hybridized carbons (Fsp3) is 0.440. The number of hydrogen-bond donors (Lipinski definition) is 0. The fourth-order valence-electron chi connectivity index (χ4n) is 4.73. The summed E-state index contributed by atoms with van der Waals surface area (Å²) in [5.41, 5.74) is 5.48. The van der Waals surface area contributed by atoms with Crippen molar-refractivity contribution < 1.29 is 8.42 Å². The zero-order valence-electron chi connectivity index (χ0n) is 17.9. The van der Waals surface area contributed by atoms with E-state index in [-0.39, 0.29) is 16.6 Å². The molecule has 2 aromatic rings. The quantitative estimate of drug-likeness (QED) is 0.620. The summed E-state index contributed by atoms with van der Waals surface area (Å²) >= 11 is 0. The third kappa shape index (κ3) is 3.69. The van der Waals surface area contributed by atoms with Gasteiger partial charge >= 0.3 is 0 Å². The SMILES string of the molecule is CCS(=O)(=O)c1ccc(C=C(C)C2CC(C)(C)c3ccccc3C2(C)C)cc1. The van der Waals surface area contributed by atoms with Crippen LogP contribution in [0.3, 0.4) is 0 Å². The average molecular weight is 397 g/mol. The number of allylic oxidation sites excluding steroid dienone is 1. The van der Waals surface area contributed by atoms with Crippen molar-refractivity contribution in [3.8, 4) is 0 Å². The van der Waals surface area contributed by atoms with Crippen LogP contribution < -0.4 is 0 Å². The summed E-state index contributed by atoms with van der Waals surface area (Å²) < 4.78 is 24.1. The topological polar surface area (TPSA) is 34.1 Å². The minimum absolute atomic E-state index is 0.0538. The molecule has 0 spiro atoms. The van der Waals surface area contributed by atoms with Crippen LogP contribution in [-0.4, -0.2) is 14.2 Å². The number of hydrogen-bond acceptors (Lipinski definition) is 2. The first-order valence-corrected chi connectivity index (χ1v) is 11.8. The van der Waals surface area contributed by atoms with E-state index < -0.39 is 9.84 Å². The Balaban J connectivity index is 1.97. The van der Waals surface area contributed by atoms with Gasteiger partial charge < -0.3 is 0 Å². The van der Waals surface area contributed by atoms with E-state index in [9.17, 15) is 8.42 Å². The van der Waals surface area contributed by atoms with Crippen LogP contribution in [0.4, 0.5) is 0 Å². The van der Waals surface area contributed by atoms with Crippen molar-refractivity contribution in [1.29, 1.82) is 0 Å². The highest BCUT2D eigenvalue weighted by atomic mass is 32.2. The summed E-state index contributed by atoms with van der Waals surface area (Å²) in [4.78, 5) is 0.401. The average Bonchev–Trinajstić information content (AvgIpc) is 2.65. The monoisotopic (exact) mass is 396 g/mol. The Morgan fingerprint density at radius 1 is 1.00 bits per heavy atom. The van der Waals surface area contributed by atoms with Crippen LogP contribution in [0.2, 0.25) is 0 Å². The van der Waals surface area contributed by atoms with Crippen LogP contribution in [0.1, 0.15) is 64.7 Å². The van der Waals surface area contributed by atoms with E-state index in [0.29, 0.717) is 10.8 Å². The maximum atomic E-state index is 12.0. The van der Waals surface area contributed by atoms with Gasteiger partial charge in [-0.1, -0.05) is 82.7 Å². The van der Waals surface area contributed by atoms with Gasteiger partial charge in [0.15, 0.2) is 9.84 Å². The van der Waals surface area contributed by atoms with Gasteiger partial charge in [0.25, 0.3) is 0 Å². The molecule has 0 bridgehead atoms. The number of rotatable bonds is 4. The lowest BCUT2D eigenvalue weighted by molar-refractivity contribution is 0.249. The van der Waals surface area contributed by atoms with Gasteiger partial charge in [-0.05, 0) is 58.9 Å². The summed E-state index contributed by atoms with van der Waals surface area (Å²) in [7, 11) is -3.15. The maximum absolute atomic E-state index is 12.0. The molecule has 0 saturated carbocycles. The second-order valence-electron chi connectivity index (χ2n) is 9.27. The van der Waals surface area contributed by atoms with Gasteiger partial charge in [0.2, 0.25) is 0 Å². The Hall–Kier alpha value is -1.87.